The van der Waals surface area contributed by atoms with E-state index in [1.807, 2.05) is 0 Å². The van der Waals surface area contributed by atoms with Crippen LogP contribution in [0.3, 0.4) is 0 Å². The number of nitrogens with two attached hydrogens (primary N) is 1. The number of alkyl halides is 3. The van der Waals surface area contributed by atoms with Crippen molar-refractivity contribution in [2.75, 3.05) is 19.5 Å². The highest BCUT2D eigenvalue weighted by Crippen LogP contribution is 2.40. The topological polar surface area (TPSA) is 70.3 Å². The average molecular weight is 325 g/mol. The number of nitrogens with zero attached hydrogens (tertiary/aromatic N) is 2. The number of rotatable bonds is 2. The number of hydrogen-bond donors (Lipinski definition) is 1. The minimum atomic E-state index is -4.55. The minimum absolute atomic E-state index is 0.0625. The Kier molecular flexibility index (Phi) is 3.85. The van der Waals surface area contributed by atoms with E-state index in [0.717, 1.165) is 6.07 Å². The molecular formula is C15H14F3N3O2. The summed E-state index contributed by atoms with van der Waals surface area (Å²) in [6.07, 6.45) is -4.05. The van der Waals surface area contributed by atoms with Gasteiger partial charge in [-0.15, -0.1) is 10.2 Å². The normalized spacial score (nSPS) is 14.4. The molecule has 0 unspecified atom stereocenters. The second kappa shape index (κ2) is 5.69. The SMILES string of the molecule is COc1ccc(-c2nnc(N)c3c2COCC3)c(C(F)(F)F)c1. The third-order valence-electron chi connectivity index (χ3n) is 3.75. The monoisotopic (exact) mass is 325 g/mol. The van der Waals surface area contributed by atoms with Crippen molar-refractivity contribution in [1.29, 1.82) is 0 Å². The highest BCUT2D eigenvalue weighted by atomic mass is 19.4. The van der Waals surface area contributed by atoms with E-state index in [9.17, 15) is 13.2 Å². The van der Waals surface area contributed by atoms with Gasteiger partial charge in [-0.05, 0) is 24.6 Å². The minimum Gasteiger partial charge on any atom is -0.497 e. The van der Waals surface area contributed by atoms with Crippen LogP contribution in [0.25, 0.3) is 11.3 Å². The third kappa shape index (κ3) is 2.81. The summed E-state index contributed by atoms with van der Waals surface area (Å²) < 4.78 is 50.5. The number of hydrogen-bond acceptors (Lipinski definition) is 5. The van der Waals surface area contributed by atoms with Crippen LogP contribution in [0.2, 0.25) is 0 Å². The van der Waals surface area contributed by atoms with E-state index in [-0.39, 0.29) is 29.4 Å². The molecule has 0 spiro atoms. The van der Waals surface area contributed by atoms with Crippen LogP contribution in [0.4, 0.5) is 19.0 Å². The highest BCUT2D eigenvalue weighted by Gasteiger charge is 2.36. The molecule has 122 valence electrons. The van der Waals surface area contributed by atoms with Gasteiger partial charge in [0, 0.05) is 16.7 Å². The largest absolute Gasteiger partial charge is 0.497 e. The third-order valence-corrected chi connectivity index (χ3v) is 3.75. The molecule has 1 aliphatic rings. The molecule has 0 atom stereocenters. The van der Waals surface area contributed by atoms with Crippen LogP contribution >= 0.6 is 0 Å². The maximum atomic E-state index is 13.4. The zero-order valence-corrected chi connectivity index (χ0v) is 12.3. The molecular weight excluding hydrogens is 311 g/mol. The van der Waals surface area contributed by atoms with Crippen molar-refractivity contribution in [3.8, 4) is 17.0 Å². The van der Waals surface area contributed by atoms with Crippen molar-refractivity contribution in [3.05, 3.63) is 34.9 Å². The van der Waals surface area contributed by atoms with E-state index in [1.165, 1.54) is 19.2 Å². The molecule has 0 saturated heterocycles. The van der Waals surface area contributed by atoms with E-state index >= 15 is 0 Å². The lowest BCUT2D eigenvalue weighted by molar-refractivity contribution is -0.137. The lowest BCUT2D eigenvalue weighted by Gasteiger charge is -2.21. The number of fused-ring (bicyclic) bond motifs is 1. The van der Waals surface area contributed by atoms with Gasteiger partial charge in [-0.2, -0.15) is 13.2 Å². The van der Waals surface area contributed by atoms with Gasteiger partial charge in [0.05, 0.1) is 31.6 Å². The Morgan fingerprint density at radius 2 is 2.00 bits per heavy atom. The van der Waals surface area contributed by atoms with Crippen LogP contribution in [0.15, 0.2) is 18.2 Å². The average Bonchev–Trinajstić information content (AvgIpc) is 2.54. The smallest absolute Gasteiger partial charge is 0.417 e. The van der Waals surface area contributed by atoms with Crippen molar-refractivity contribution in [2.45, 2.75) is 19.2 Å². The molecule has 0 saturated carbocycles. The predicted octanol–water partition coefficient (Wildman–Crippen LogP) is 2.83. The Balaban J connectivity index is 2.23. The van der Waals surface area contributed by atoms with Crippen molar-refractivity contribution in [2.24, 2.45) is 0 Å². The Hall–Kier alpha value is -2.35. The van der Waals surface area contributed by atoms with E-state index in [1.54, 1.807) is 0 Å². The summed E-state index contributed by atoms with van der Waals surface area (Å²) in [7, 11) is 1.31. The lowest BCUT2D eigenvalue weighted by atomic mass is 9.95. The van der Waals surface area contributed by atoms with Crippen LogP contribution in [0, 0.1) is 0 Å². The maximum Gasteiger partial charge on any atom is 0.417 e. The molecule has 2 aromatic rings. The lowest BCUT2D eigenvalue weighted by Crippen LogP contribution is -2.17. The summed E-state index contributed by atoms with van der Waals surface area (Å²) in [6, 6.07) is 3.74. The second-order valence-corrected chi connectivity index (χ2v) is 5.10. The molecule has 2 heterocycles. The van der Waals surface area contributed by atoms with Gasteiger partial charge < -0.3 is 15.2 Å². The Labute approximate surface area is 130 Å². The van der Waals surface area contributed by atoms with Gasteiger partial charge in [0.25, 0.3) is 0 Å². The zero-order chi connectivity index (χ0) is 16.6. The Bertz CT molecular complexity index is 747. The van der Waals surface area contributed by atoms with Gasteiger partial charge in [0.2, 0.25) is 0 Å². The van der Waals surface area contributed by atoms with Gasteiger partial charge in [-0.3, -0.25) is 0 Å². The van der Waals surface area contributed by atoms with E-state index < -0.39 is 11.7 Å². The highest BCUT2D eigenvalue weighted by molar-refractivity contribution is 5.71. The molecule has 1 aromatic heterocycles. The van der Waals surface area contributed by atoms with Gasteiger partial charge >= 0.3 is 6.18 Å². The number of nitrogen functional groups attached to an aromatic ring is 1. The van der Waals surface area contributed by atoms with Gasteiger partial charge in [-0.1, -0.05) is 0 Å². The number of methoxy groups -OCH3 is 1. The first-order valence-corrected chi connectivity index (χ1v) is 6.89. The summed E-state index contributed by atoms with van der Waals surface area (Å²) >= 11 is 0. The quantitative estimate of drug-likeness (QED) is 0.919. The van der Waals surface area contributed by atoms with Gasteiger partial charge in [0.1, 0.15) is 11.6 Å². The fourth-order valence-electron chi connectivity index (χ4n) is 2.61. The zero-order valence-electron chi connectivity index (χ0n) is 12.3. The molecule has 8 heteroatoms. The molecule has 1 aromatic carbocycles. The van der Waals surface area contributed by atoms with Crippen molar-refractivity contribution < 1.29 is 22.6 Å². The predicted molar refractivity (Wildman–Crippen MR) is 76.8 cm³/mol. The first-order valence-electron chi connectivity index (χ1n) is 6.89. The van der Waals surface area contributed by atoms with E-state index in [0.29, 0.717) is 24.2 Å². The fourth-order valence-corrected chi connectivity index (χ4v) is 2.61. The van der Waals surface area contributed by atoms with Crippen LogP contribution in [-0.2, 0) is 23.9 Å². The number of benzene rings is 1. The molecule has 0 fully saturated rings. The number of ether oxygens (including phenoxy) is 2. The summed E-state index contributed by atoms with van der Waals surface area (Å²) in [5.74, 6) is 0.351. The fraction of sp³-hybridized carbons (Fsp3) is 0.333. The van der Waals surface area contributed by atoms with E-state index in [2.05, 4.69) is 10.2 Å². The number of aromatic nitrogens is 2. The molecule has 0 amide bonds. The molecule has 0 aliphatic carbocycles. The van der Waals surface area contributed by atoms with Crippen LogP contribution in [-0.4, -0.2) is 23.9 Å². The summed E-state index contributed by atoms with van der Waals surface area (Å²) in [5, 5.41) is 7.70. The van der Waals surface area contributed by atoms with Crippen LogP contribution in [0.5, 0.6) is 5.75 Å². The molecule has 5 nitrogen and oxygen atoms in total. The summed E-state index contributed by atoms with van der Waals surface area (Å²) in [4.78, 5) is 0. The Morgan fingerprint density at radius 1 is 1.22 bits per heavy atom. The van der Waals surface area contributed by atoms with Crippen molar-refractivity contribution in [1.82, 2.24) is 10.2 Å². The van der Waals surface area contributed by atoms with Gasteiger partial charge in [-0.25, -0.2) is 0 Å². The van der Waals surface area contributed by atoms with E-state index in [4.69, 9.17) is 15.2 Å². The summed E-state index contributed by atoms with van der Waals surface area (Å²) in [6.45, 7) is 0.616. The Morgan fingerprint density at radius 3 is 2.70 bits per heavy atom. The standard InChI is InChI=1S/C15H14F3N3O2/c1-22-8-2-3-10(12(6-8)15(16,17)18)13-11-7-23-5-4-9(11)14(19)21-20-13/h2-3,6H,4-5,7H2,1H3,(H2,19,21). The molecule has 0 bridgehead atoms. The molecule has 2 N–H and O–H groups in total. The van der Waals surface area contributed by atoms with Crippen LogP contribution < -0.4 is 10.5 Å². The maximum absolute atomic E-state index is 13.4. The first-order chi connectivity index (χ1) is 10.9. The molecule has 3 rings (SSSR count). The van der Waals surface area contributed by atoms with Crippen molar-refractivity contribution >= 4 is 5.82 Å². The van der Waals surface area contributed by atoms with Crippen molar-refractivity contribution in [3.63, 3.8) is 0 Å². The number of anilines is 1. The first kappa shape index (κ1) is 15.5. The number of halogens is 3. The summed E-state index contributed by atoms with van der Waals surface area (Å²) in [5.41, 5.74) is 6.29. The molecule has 1 aliphatic heterocycles. The molecule has 23 heavy (non-hydrogen) atoms. The van der Waals surface area contributed by atoms with Gasteiger partial charge in [0.15, 0.2) is 0 Å². The second-order valence-electron chi connectivity index (χ2n) is 5.10. The molecule has 0 radical (unpaired) electrons. The van der Waals surface area contributed by atoms with Crippen LogP contribution in [0.1, 0.15) is 16.7 Å².